The van der Waals surface area contributed by atoms with E-state index in [0.717, 1.165) is 31.2 Å². The molecule has 124 valence electrons. The standard InChI is InChI=1S/C12H16FN3O4S.ClH/c1-8-5-6-14-7-10(8)15-21(19,20)11-4-2-3-9(13)12(11)16(17)18;/h2-4,8,10,14-15H,5-7H2,1H3;1H. The van der Waals surface area contributed by atoms with Crippen molar-refractivity contribution in [2.45, 2.75) is 24.3 Å². The molecule has 1 aliphatic heterocycles. The van der Waals surface area contributed by atoms with Gasteiger partial charge in [0.1, 0.15) is 0 Å². The van der Waals surface area contributed by atoms with Gasteiger partial charge in [-0.1, -0.05) is 13.0 Å². The molecule has 0 saturated carbocycles. The molecular weight excluding hydrogens is 337 g/mol. The van der Waals surface area contributed by atoms with Crippen LogP contribution in [0.2, 0.25) is 0 Å². The van der Waals surface area contributed by atoms with Crippen molar-refractivity contribution in [1.82, 2.24) is 10.0 Å². The number of piperidine rings is 1. The first kappa shape index (κ1) is 18.8. The Morgan fingerprint density at radius 1 is 1.45 bits per heavy atom. The van der Waals surface area contributed by atoms with Crippen molar-refractivity contribution in [3.63, 3.8) is 0 Å². The quantitative estimate of drug-likeness (QED) is 0.630. The molecule has 1 aliphatic rings. The molecule has 1 fully saturated rings. The average Bonchev–Trinajstić information content (AvgIpc) is 2.40. The zero-order valence-corrected chi connectivity index (χ0v) is 13.4. The number of hydrogen-bond acceptors (Lipinski definition) is 5. The van der Waals surface area contributed by atoms with Gasteiger partial charge in [-0.15, -0.1) is 12.4 Å². The second kappa shape index (κ2) is 7.32. The third-order valence-corrected chi connectivity index (χ3v) is 5.08. The molecule has 0 bridgehead atoms. The maximum absolute atomic E-state index is 13.5. The number of benzene rings is 1. The Morgan fingerprint density at radius 2 is 2.14 bits per heavy atom. The van der Waals surface area contributed by atoms with E-state index in [1.54, 1.807) is 0 Å². The van der Waals surface area contributed by atoms with E-state index in [9.17, 15) is 22.9 Å². The highest BCUT2D eigenvalue weighted by Gasteiger charge is 2.33. The monoisotopic (exact) mass is 353 g/mol. The molecular formula is C12H17ClFN3O4S. The summed E-state index contributed by atoms with van der Waals surface area (Å²) in [6.45, 7) is 3.12. The summed E-state index contributed by atoms with van der Waals surface area (Å²) in [5.41, 5.74) is -1.03. The van der Waals surface area contributed by atoms with Crippen LogP contribution in [-0.2, 0) is 10.0 Å². The average molecular weight is 354 g/mol. The Kier molecular flexibility index (Phi) is 6.24. The van der Waals surface area contributed by atoms with Gasteiger partial charge in [-0.05, 0) is 31.0 Å². The molecule has 0 aromatic heterocycles. The molecule has 1 aromatic carbocycles. The Labute approximate surface area is 133 Å². The Morgan fingerprint density at radius 3 is 2.73 bits per heavy atom. The second-order valence-corrected chi connectivity index (χ2v) is 6.72. The zero-order chi connectivity index (χ0) is 15.6. The summed E-state index contributed by atoms with van der Waals surface area (Å²) in [7, 11) is -4.16. The van der Waals surface area contributed by atoms with E-state index in [0.29, 0.717) is 6.54 Å². The van der Waals surface area contributed by atoms with Gasteiger partial charge in [0.2, 0.25) is 15.8 Å². The molecule has 0 radical (unpaired) electrons. The van der Waals surface area contributed by atoms with E-state index < -0.39 is 31.3 Å². The predicted molar refractivity (Wildman–Crippen MR) is 81.1 cm³/mol. The molecule has 0 spiro atoms. The van der Waals surface area contributed by atoms with Crippen molar-refractivity contribution in [1.29, 1.82) is 0 Å². The number of sulfonamides is 1. The van der Waals surface area contributed by atoms with Crippen LogP contribution in [0.3, 0.4) is 0 Å². The molecule has 2 atom stereocenters. The smallest absolute Gasteiger partial charge is 0.315 e. The van der Waals surface area contributed by atoms with Gasteiger partial charge in [0.15, 0.2) is 4.90 Å². The molecule has 0 aliphatic carbocycles. The summed E-state index contributed by atoms with van der Waals surface area (Å²) in [4.78, 5) is 9.24. The van der Waals surface area contributed by atoms with Crippen LogP contribution in [0.4, 0.5) is 10.1 Å². The number of nitrogens with zero attached hydrogens (tertiary/aromatic N) is 1. The van der Waals surface area contributed by atoms with Crippen molar-refractivity contribution < 1.29 is 17.7 Å². The minimum absolute atomic E-state index is 0. The van der Waals surface area contributed by atoms with Gasteiger partial charge in [0.25, 0.3) is 0 Å². The first-order chi connectivity index (χ1) is 9.83. The van der Waals surface area contributed by atoms with Crippen LogP contribution in [0, 0.1) is 21.8 Å². The molecule has 1 saturated heterocycles. The lowest BCUT2D eigenvalue weighted by Gasteiger charge is -2.29. The maximum atomic E-state index is 13.5. The summed E-state index contributed by atoms with van der Waals surface area (Å²) < 4.78 is 40.6. The van der Waals surface area contributed by atoms with Crippen molar-refractivity contribution >= 4 is 28.1 Å². The molecule has 7 nitrogen and oxygen atoms in total. The minimum atomic E-state index is -4.16. The van der Waals surface area contributed by atoms with Crippen LogP contribution in [0.15, 0.2) is 23.1 Å². The summed E-state index contributed by atoms with van der Waals surface area (Å²) in [6, 6.07) is 2.65. The fourth-order valence-corrected chi connectivity index (χ4v) is 3.83. The molecule has 2 unspecified atom stereocenters. The number of nitro groups is 1. The third kappa shape index (κ3) is 3.92. The molecule has 10 heteroatoms. The van der Waals surface area contributed by atoms with Crippen LogP contribution >= 0.6 is 12.4 Å². The molecule has 1 aromatic rings. The predicted octanol–water partition coefficient (Wildman–Crippen LogP) is 1.43. The highest BCUT2D eigenvalue weighted by molar-refractivity contribution is 7.89. The van der Waals surface area contributed by atoms with E-state index in [1.807, 2.05) is 6.92 Å². The lowest BCUT2D eigenvalue weighted by molar-refractivity contribution is -0.390. The number of halogens is 2. The van der Waals surface area contributed by atoms with E-state index in [1.165, 1.54) is 0 Å². The van der Waals surface area contributed by atoms with Gasteiger partial charge in [-0.25, -0.2) is 13.1 Å². The van der Waals surface area contributed by atoms with Crippen LogP contribution in [0.5, 0.6) is 0 Å². The lowest BCUT2D eigenvalue weighted by atomic mass is 9.96. The number of para-hydroxylation sites is 1. The van der Waals surface area contributed by atoms with Crippen molar-refractivity contribution in [3.05, 3.63) is 34.1 Å². The van der Waals surface area contributed by atoms with E-state index in [-0.39, 0.29) is 24.4 Å². The van der Waals surface area contributed by atoms with Crippen LogP contribution in [0.25, 0.3) is 0 Å². The fraction of sp³-hybridized carbons (Fsp3) is 0.500. The normalized spacial score (nSPS) is 21.9. The summed E-state index contributed by atoms with van der Waals surface area (Å²) in [6.07, 6.45) is 0.790. The molecule has 0 amide bonds. The number of rotatable bonds is 4. The van der Waals surface area contributed by atoms with Gasteiger partial charge in [-0.2, -0.15) is 4.39 Å². The minimum Gasteiger partial charge on any atom is -0.315 e. The maximum Gasteiger partial charge on any atom is 0.324 e. The summed E-state index contributed by atoms with van der Waals surface area (Å²) >= 11 is 0. The van der Waals surface area contributed by atoms with Gasteiger partial charge in [0, 0.05) is 12.6 Å². The highest BCUT2D eigenvalue weighted by atomic mass is 35.5. The van der Waals surface area contributed by atoms with Gasteiger partial charge in [-0.3, -0.25) is 10.1 Å². The summed E-state index contributed by atoms with van der Waals surface area (Å²) in [5, 5.41) is 14.0. The zero-order valence-electron chi connectivity index (χ0n) is 11.8. The number of hydrogen-bond donors (Lipinski definition) is 2. The van der Waals surface area contributed by atoms with Crippen molar-refractivity contribution in [2.24, 2.45) is 5.92 Å². The third-order valence-electron chi connectivity index (χ3n) is 3.56. The van der Waals surface area contributed by atoms with Crippen molar-refractivity contribution in [2.75, 3.05) is 13.1 Å². The first-order valence-electron chi connectivity index (χ1n) is 6.49. The molecule has 22 heavy (non-hydrogen) atoms. The largest absolute Gasteiger partial charge is 0.324 e. The summed E-state index contributed by atoms with van der Waals surface area (Å²) in [5.74, 6) is -1.08. The Hall–Kier alpha value is -1.29. The van der Waals surface area contributed by atoms with Crippen molar-refractivity contribution in [3.8, 4) is 0 Å². The van der Waals surface area contributed by atoms with Crippen LogP contribution in [-0.4, -0.2) is 32.5 Å². The topological polar surface area (TPSA) is 101 Å². The second-order valence-electron chi connectivity index (χ2n) is 5.04. The van der Waals surface area contributed by atoms with E-state index in [2.05, 4.69) is 10.0 Å². The van der Waals surface area contributed by atoms with Crippen LogP contribution < -0.4 is 10.0 Å². The Bertz CT molecular complexity index is 656. The SMILES string of the molecule is CC1CCNCC1NS(=O)(=O)c1cccc(F)c1[N+](=O)[O-].Cl. The van der Waals surface area contributed by atoms with Gasteiger partial charge < -0.3 is 5.32 Å². The molecule has 2 N–H and O–H groups in total. The fourth-order valence-electron chi connectivity index (χ4n) is 2.30. The van der Waals surface area contributed by atoms with E-state index >= 15 is 0 Å². The van der Waals surface area contributed by atoms with Crippen LogP contribution in [0.1, 0.15) is 13.3 Å². The lowest BCUT2D eigenvalue weighted by Crippen LogP contribution is -2.50. The first-order valence-corrected chi connectivity index (χ1v) is 7.97. The number of nitro benzene ring substituents is 1. The molecule has 1 heterocycles. The molecule has 2 rings (SSSR count). The number of nitrogens with one attached hydrogen (secondary N) is 2. The van der Waals surface area contributed by atoms with Gasteiger partial charge in [0.05, 0.1) is 4.92 Å². The highest BCUT2D eigenvalue weighted by Crippen LogP contribution is 2.27. The van der Waals surface area contributed by atoms with E-state index in [4.69, 9.17) is 0 Å². The Balaban J connectivity index is 0.00000242. The van der Waals surface area contributed by atoms with Gasteiger partial charge >= 0.3 is 5.69 Å².